The minimum Gasteiger partial charge on any atom is -0.480 e. The Morgan fingerprint density at radius 1 is 1.43 bits per heavy atom. The molecular weight excluding hydrogens is 271 g/mol. The van der Waals surface area contributed by atoms with Crippen LogP contribution in [0.5, 0.6) is 0 Å². The number of nitrogens with zero attached hydrogens (tertiary/aromatic N) is 2. The van der Waals surface area contributed by atoms with E-state index >= 15 is 0 Å². The Morgan fingerprint density at radius 3 is 2.71 bits per heavy atom. The molecule has 4 nitrogen and oxygen atoms in total. The van der Waals surface area contributed by atoms with Crippen molar-refractivity contribution in [3.05, 3.63) is 52.6 Å². The van der Waals surface area contributed by atoms with E-state index < -0.39 is 5.97 Å². The van der Waals surface area contributed by atoms with E-state index in [4.69, 9.17) is 5.11 Å². The van der Waals surface area contributed by atoms with E-state index in [9.17, 15) is 9.18 Å². The van der Waals surface area contributed by atoms with Gasteiger partial charge in [-0.05, 0) is 30.5 Å². The summed E-state index contributed by atoms with van der Waals surface area (Å²) in [6.07, 6.45) is 0.552. The van der Waals surface area contributed by atoms with Crippen molar-refractivity contribution in [2.45, 2.75) is 39.7 Å². The summed E-state index contributed by atoms with van der Waals surface area (Å²) in [6.45, 7) is 5.73. The number of aromatic nitrogens is 2. The zero-order valence-electron chi connectivity index (χ0n) is 12.4. The molecule has 5 heteroatoms. The first-order chi connectivity index (χ1) is 9.88. The van der Waals surface area contributed by atoms with Crippen molar-refractivity contribution in [3.63, 3.8) is 0 Å². The van der Waals surface area contributed by atoms with Gasteiger partial charge in [-0.3, -0.25) is 9.48 Å². The molecule has 112 valence electrons. The quantitative estimate of drug-likeness (QED) is 0.920. The summed E-state index contributed by atoms with van der Waals surface area (Å²) < 4.78 is 14.8. The van der Waals surface area contributed by atoms with Gasteiger partial charge in [0.15, 0.2) is 0 Å². The molecule has 0 fully saturated rings. The maximum atomic E-state index is 13.3. The van der Waals surface area contributed by atoms with Gasteiger partial charge in [0.05, 0.1) is 5.69 Å². The number of aliphatic carboxylic acids is 1. The number of hydrogen-bond acceptors (Lipinski definition) is 2. The number of carbonyl (C=O) groups is 1. The maximum absolute atomic E-state index is 13.3. The summed E-state index contributed by atoms with van der Waals surface area (Å²) in [4.78, 5) is 10.9. The van der Waals surface area contributed by atoms with Crippen LogP contribution in [0.25, 0.3) is 0 Å². The van der Waals surface area contributed by atoms with Crippen molar-refractivity contribution in [1.29, 1.82) is 0 Å². The van der Waals surface area contributed by atoms with Crippen molar-refractivity contribution in [2.24, 2.45) is 0 Å². The fraction of sp³-hybridized carbons (Fsp3) is 0.375. The van der Waals surface area contributed by atoms with Crippen molar-refractivity contribution in [3.8, 4) is 0 Å². The van der Waals surface area contributed by atoms with Crippen LogP contribution < -0.4 is 0 Å². The molecule has 0 aliphatic heterocycles. The molecule has 0 amide bonds. The van der Waals surface area contributed by atoms with Crippen molar-refractivity contribution < 1.29 is 14.3 Å². The standard InChI is InChI=1S/C16H19FN2O2/c1-10(2)16-14(8-12-5-4-6-13(17)7-12)11(3)19(18-16)9-15(20)21/h4-7,10H,8-9H2,1-3H3,(H,20,21). The summed E-state index contributed by atoms with van der Waals surface area (Å²) in [5, 5.41) is 13.4. The van der Waals surface area contributed by atoms with Gasteiger partial charge in [0.2, 0.25) is 0 Å². The van der Waals surface area contributed by atoms with Crippen LogP contribution in [0.3, 0.4) is 0 Å². The number of carboxylic acids is 1. The Morgan fingerprint density at radius 2 is 2.14 bits per heavy atom. The summed E-state index contributed by atoms with van der Waals surface area (Å²) in [5.41, 5.74) is 3.54. The molecule has 0 aliphatic rings. The zero-order chi connectivity index (χ0) is 15.6. The van der Waals surface area contributed by atoms with E-state index in [0.717, 1.165) is 22.5 Å². The van der Waals surface area contributed by atoms with Crippen LogP contribution in [0.4, 0.5) is 4.39 Å². The highest BCUT2D eigenvalue weighted by Gasteiger charge is 2.18. The molecule has 1 aromatic carbocycles. The number of carboxylic acid groups (broad SMARTS) is 1. The fourth-order valence-electron chi connectivity index (χ4n) is 2.42. The van der Waals surface area contributed by atoms with Crippen molar-refractivity contribution in [1.82, 2.24) is 9.78 Å². The topological polar surface area (TPSA) is 55.1 Å². The molecule has 0 saturated heterocycles. The number of rotatable bonds is 5. The minimum atomic E-state index is -0.923. The molecule has 1 N–H and O–H groups in total. The van der Waals surface area contributed by atoms with Gasteiger partial charge in [0, 0.05) is 17.7 Å². The summed E-state index contributed by atoms with van der Waals surface area (Å²) in [5.74, 6) is -1.01. The second-order valence-corrected chi connectivity index (χ2v) is 5.46. The number of hydrogen-bond donors (Lipinski definition) is 1. The minimum absolute atomic E-state index is 0.158. The highest BCUT2D eigenvalue weighted by Crippen LogP contribution is 2.24. The Bertz CT molecular complexity index is 662. The summed E-state index contributed by atoms with van der Waals surface area (Å²) >= 11 is 0. The van der Waals surface area contributed by atoms with Gasteiger partial charge in [0.25, 0.3) is 0 Å². The normalized spacial score (nSPS) is 11.1. The van der Waals surface area contributed by atoms with Crippen LogP contribution in [-0.2, 0) is 17.8 Å². The third-order valence-corrected chi connectivity index (χ3v) is 3.46. The lowest BCUT2D eigenvalue weighted by Crippen LogP contribution is -2.12. The lowest BCUT2D eigenvalue weighted by atomic mass is 9.98. The van der Waals surface area contributed by atoms with E-state index in [1.807, 2.05) is 26.8 Å². The largest absolute Gasteiger partial charge is 0.480 e. The van der Waals surface area contributed by atoms with E-state index in [0.29, 0.717) is 6.42 Å². The Hall–Kier alpha value is -2.17. The monoisotopic (exact) mass is 290 g/mol. The molecule has 1 aromatic heterocycles. The second-order valence-electron chi connectivity index (χ2n) is 5.46. The zero-order valence-corrected chi connectivity index (χ0v) is 12.4. The first kappa shape index (κ1) is 15.2. The average molecular weight is 290 g/mol. The lowest BCUT2D eigenvalue weighted by molar-refractivity contribution is -0.137. The van der Waals surface area contributed by atoms with E-state index in [1.165, 1.54) is 16.8 Å². The van der Waals surface area contributed by atoms with Crippen LogP contribution >= 0.6 is 0 Å². The number of benzene rings is 1. The highest BCUT2D eigenvalue weighted by molar-refractivity contribution is 5.66. The Labute approximate surface area is 123 Å². The second kappa shape index (κ2) is 6.08. The summed E-state index contributed by atoms with van der Waals surface area (Å²) in [7, 11) is 0. The number of halogens is 1. The first-order valence-corrected chi connectivity index (χ1v) is 6.91. The molecule has 2 aromatic rings. The summed E-state index contributed by atoms with van der Waals surface area (Å²) in [6, 6.07) is 6.45. The molecule has 21 heavy (non-hydrogen) atoms. The SMILES string of the molecule is Cc1c(Cc2cccc(F)c2)c(C(C)C)nn1CC(=O)O. The van der Waals surface area contributed by atoms with Gasteiger partial charge in [0.1, 0.15) is 12.4 Å². The molecule has 0 aliphatic carbocycles. The van der Waals surface area contributed by atoms with Gasteiger partial charge < -0.3 is 5.11 Å². The van der Waals surface area contributed by atoms with Gasteiger partial charge >= 0.3 is 5.97 Å². The van der Waals surface area contributed by atoms with Gasteiger partial charge in [-0.1, -0.05) is 26.0 Å². The third kappa shape index (κ3) is 3.48. The van der Waals surface area contributed by atoms with E-state index in [-0.39, 0.29) is 18.3 Å². The van der Waals surface area contributed by atoms with Gasteiger partial charge in [-0.25, -0.2) is 4.39 Å². The lowest BCUT2D eigenvalue weighted by Gasteiger charge is -2.07. The molecule has 1 heterocycles. The first-order valence-electron chi connectivity index (χ1n) is 6.91. The van der Waals surface area contributed by atoms with Crippen LogP contribution in [0.1, 0.15) is 42.3 Å². The fourth-order valence-corrected chi connectivity index (χ4v) is 2.42. The van der Waals surface area contributed by atoms with Gasteiger partial charge in [-0.2, -0.15) is 5.10 Å². The van der Waals surface area contributed by atoms with Crippen LogP contribution in [0, 0.1) is 12.7 Å². The molecule has 2 rings (SSSR count). The molecule has 0 bridgehead atoms. The predicted molar refractivity (Wildman–Crippen MR) is 77.9 cm³/mol. The van der Waals surface area contributed by atoms with E-state index in [2.05, 4.69) is 5.10 Å². The van der Waals surface area contributed by atoms with Crippen molar-refractivity contribution >= 4 is 5.97 Å². The van der Waals surface area contributed by atoms with E-state index in [1.54, 1.807) is 6.07 Å². The average Bonchev–Trinajstić information content (AvgIpc) is 2.67. The Kier molecular flexibility index (Phi) is 4.40. The predicted octanol–water partition coefficient (Wildman–Crippen LogP) is 3.13. The van der Waals surface area contributed by atoms with Crippen LogP contribution in [0.15, 0.2) is 24.3 Å². The van der Waals surface area contributed by atoms with Crippen LogP contribution in [0.2, 0.25) is 0 Å². The van der Waals surface area contributed by atoms with Crippen LogP contribution in [-0.4, -0.2) is 20.9 Å². The smallest absolute Gasteiger partial charge is 0.325 e. The molecule has 0 unspecified atom stereocenters. The molecule has 0 radical (unpaired) electrons. The maximum Gasteiger partial charge on any atom is 0.325 e. The Balaban J connectivity index is 2.41. The van der Waals surface area contributed by atoms with Gasteiger partial charge in [-0.15, -0.1) is 0 Å². The third-order valence-electron chi connectivity index (χ3n) is 3.46. The van der Waals surface area contributed by atoms with Crippen molar-refractivity contribution in [2.75, 3.05) is 0 Å². The molecule has 0 atom stereocenters. The molecular formula is C16H19FN2O2. The highest BCUT2D eigenvalue weighted by atomic mass is 19.1. The molecule has 0 saturated carbocycles. The molecule has 0 spiro atoms.